The molecule has 1 atom stereocenters. The highest BCUT2D eigenvalue weighted by atomic mass is 35.5. The average Bonchev–Trinajstić information content (AvgIpc) is 3.64. The number of fused-ring (bicyclic) bond motifs is 2. The van der Waals surface area contributed by atoms with Gasteiger partial charge < -0.3 is 25.3 Å². The third kappa shape index (κ3) is 4.65. The van der Waals surface area contributed by atoms with Crippen molar-refractivity contribution in [1.29, 1.82) is 0 Å². The lowest BCUT2D eigenvalue weighted by atomic mass is 10.0. The molecule has 1 saturated carbocycles. The second-order valence-corrected chi connectivity index (χ2v) is 9.45. The number of ketones is 1. The van der Waals surface area contributed by atoms with E-state index in [1.165, 1.54) is 6.20 Å². The van der Waals surface area contributed by atoms with Crippen LogP contribution < -0.4 is 10.5 Å². The van der Waals surface area contributed by atoms with Crippen LogP contribution in [-0.4, -0.2) is 45.2 Å². The van der Waals surface area contributed by atoms with Gasteiger partial charge in [-0.15, -0.1) is 0 Å². The molecule has 4 N–H and O–H groups in total. The van der Waals surface area contributed by atoms with E-state index in [9.17, 15) is 19.5 Å². The quantitative estimate of drug-likeness (QED) is 0.292. The molecule has 3 aromatic carbocycles. The van der Waals surface area contributed by atoms with Gasteiger partial charge in [0.05, 0.1) is 12.1 Å². The smallest absolute Gasteiger partial charge is 0.334 e. The Labute approximate surface area is 210 Å². The van der Waals surface area contributed by atoms with Crippen LogP contribution in [0.5, 0.6) is 5.75 Å². The van der Waals surface area contributed by atoms with Crippen LogP contribution in [0.2, 0.25) is 5.02 Å². The Balaban J connectivity index is 1.46. The summed E-state index contributed by atoms with van der Waals surface area (Å²) in [6.45, 7) is -0.572. The molecule has 36 heavy (non-hydrogen) atoms. The van der Waals surface area contributed by atoms with Crippen LogP contribution in [0.4, 0.5) is 0 Å². The minimum atomic E-state index is -1.62. The topological polar surface area (TPSA) is 132 Å². The molecular weight excluding hydrogens is 484 g/mol. The second kappa shape index (κ2) is 9.29. The van der Waals surface area contributed by atoms with Crippen molar-refractivity contribution in [2.75, 3.05) is 6.61 Å². The summed E-state index contributed by atoms with van der Waals surface area (Å²) in [5, 5.41) is 21.7. The first-order valence-corrected chi connectivity index (χ1v) is 11.8. The van der Waals surface area contributed by atoms with Gasteiger partial charge in [-0.05, 0) is 65.4 Å². The van der Waals surface area contributed by atoms with Gasteiger partial charge in [-0.3, -0.25) is 9.59 Å². The normalized spacial score (nSPS) is 14.2. The number of amides is 1. The molecule has 1 aromatic heterocycles. The molecule has 1 fully saturated rings. The molecule has 1 heterocycles. The molecule has 0 spiro atoms. The molecule has 0 radical (unpaired) electrons. The lowest BCUT2D eigenvalue weighted by Crippen LogP contribution is -2.25. The number of aromatic nitrogens is 1. The van der Waals surface area contributed by atoms with E-state index in [1.54, 1.807) is 34.9 Å². The summed E-state index contributed by atoms with van der Waals surface area (Å²) in [5.41, 5.74) is 7.78. The minimum absolute atomic E-state index is 0.124. The van der Waals surface area contributed by atoms with Crippen LogP contribution in [0.25, 0.3) is 21.7 Å². The Morgan fingerprint density at radius 2 is 1.83 bits per heavy atom. The Morgan fingerprint density at radius 3 is 2.53 bits per heavy atom. The van der Waals surface area contributed by atoms with E-state index in [0.29, 0.717) is 32.8 Å². The first-order valence-electron chi connectivity index (χ1n) is 11.4. The number of aliphatic hydroxyl groups is 1. The molecule has 0 bridgehead atoms. The first-order chi connectivity index (χ1) is 17.2. The molecule has 184 valence electrons. The summed E-state index contributed by atoms with van der Waals surface area (Å²) < 4.78 is 7.35. The highest BCUT2D eigenvalue weighted by Crippen LogP contribution is 2.41. The molecule has 9 heteroatoms. The summed E-state index contributed by atoms with van der Waals surface area (Å²) >= 11 is 6.05. The van der Waals surface area contributed by atoms with E-state index in [4.69, 9.17) is 27.2 Å². The van der Waals surface area contributed by atoms with Gasteiger partial charge in [0.2, 0.25) is 5.78 Å². The molecular formula is C27H23ClN2O6. The van der Waals surface area contributed by atoms with Crippen LogP contribution in [0.1, 0.15) is 45.0 Å². The van der Waals surface area contributed by atoms with Crippen LogP contribution in [0.3, 0.4) is 0 Å². The van der Waals surface area contributed by atoms with Crippen LogP contribution in [0, 0.1) is 0 Å². The number of Topliss-reactive ketones (excluding diaryl/α,β-unsaturated/α-hetero) is 1. The van der Waals surface area contributed by atoms with Gasteiger partial charge in [0.1, 0.15) is 5.75 Å². The number of carbonyl (C=O) groups is 3. The third-order valence-electron chi connectivity index (χ3n) is 6.44. The number of hydrogen-bond donors (Lipinski definition) is 3. The number of nitrogens with zero attached hydrogens (tertiary/aromatic N) is 1. The Bertz CT molecular complexity index is 1540. The maximum Gasteiger partial charge on any atom is 0.334 e. The predicted molar refractivity (Wildman–Crippen MR) is 135 cm³/mol. The van der Waals surface area contributed by atoms with Gasteiger partial charge in [0, 0.05) is 27.7 Å². The van der Waals surface area contributed by atoms with Crippen molar-refractivity contribution in [2.24, 2.45) is 5.73 Å². The Hall–Kier alpha value is -3.88. The predicted octanol–water partition coefficient (Wildman–Crippen LogP) is 4.13. The summed E-state index contributed by atoms with van der Waals surface area (Å²) in [6, 6.07) is 14.1. The number of benzene rings is 3. The molecule has 1 aliphatic rings. The number of carboxylic acid groups (broad SMARTS) is 1. The lowest BCUT2D eigenvalue weighted by molar-refractivity contribution is -0.147. The average molecular weight is 507 g/mol. The maximum absolute atomic E-state index is 13.2. The molecule has 1 unspecified atom stereocenters. The number of primary amides is 1. The number of aliphatic carboxylic acids is 1. The first kappa shape index (κ1) is 23.8. The lowest BCUT2D eigenvalue weighted by Gasteiger charge is -2.11. The van der Waals surface area contributed by atoms with Crippen molar-refractivity contribution in [3.05, 3.63) is 76.4 Å². The van der Waals surface area contributed by atoms with Crippen molar-refractivity contribution in [3.8, 4) is 5.75 Å². The summed E-state index contributed by atoms with van der Waals surface area (Å²) in [7, 11) is 0. The highest BCUT2D eigenvalue weighted by molar-refractivity contribution is 6.31. The fourth-order valence-corrected chi connectivity index (χ4v) is 4.58. The van der Waals surface area contributed by atoms with Gasteiger partial charge in [0.25, 0.3) is 5.91 Å². The number of aliphatic hydroxyl groups excluding tert-OH is 1. The summed E-state index contributed by atoms with van der Waals surface area (Å²) in [5.74, 6) is -1.78. The number of carboxylic acids is 1. The van der Waals surface area contributed by atoms with Crippen LogP contribution in [0.15, 0.2) is 54.7 Å². The highest BCUT2D eigenvalue weighted by Gasteiger charge is 2.26. The van der Waals surface area contributed by atoms with E-state index >= 15 is 0 Å². The van der Waals surface area contributed by atoms with Crippen molar-refractivity contribution >= 4 is 50.9 Å². The molecule has 8 nitrogen and oxygen atoms in total. The fraction of sp³-hybridized carbons (Fsp3) is 0.222. The third-order valence-corrected chi connectivity index (χ3v) is 6.67. The van der Waals surface area contributed by atoms with E-state index < -0.39 is 18.0 Å². The SMILES string of the molecule is NC(=O)c1cc2cc(Cl)ccc2cc1OCC(=O)c1cn(CC(O)C(=O)O)c2cc(C3CC3)ccc12. The van der Waals surface area contributed by atoms with Crippen molar-refractivity contribution in [1.82, 2.24) is 4.57 Å². The number of nitrogens with two attached hydrogens (primary N) is 1. The Kier molecular flexibility index (Phi) is 6.15. The number of rotatable bonds is 9. The van der Waals surface area contributed by atoms with E-state index in [1.807, 2.05) is 18.2 Å². The number of carbonyl (C=O) groups excluding carboxylic acids is 2. The van der Waals surface area contributed by atoms with Gasteiger partial charge in [-0.1, -0.05) is 29.8 Å². The van der Waals surface area contributed by atoms with Crippen LogP contribution in [-0.2, 0) is 11.3 Å². The summed E-state index contributed by atoms with van der Waals surface area (Å²) in [6.07, 6.45) is 2.10. The monoisotopic (exact) mass is 506 g/mol. The van der Waals surface area contributed by atoms with Crippen LogP contribution >= 0.6 is 11.6 Å². The van der Waals surface area contributed by atoms with Crippen molar-refractivity contribution in [2.45, 2.75) is 31.4 Å². The van der Waals surface area contributed by atoms with Gasteiger partial charge >= 0.3 is 5.97 Å². The summed E-state index contributed by atoms with van der Waals surface area (Å²) in [4.78, 5) is 36.5. The van der Waals surface area contributed by atoms with Gasteiger partial charge in [-0.25, -0.2) is 4.79 Å². The fourth-order valence-electron chi connectivity index (χ4n) is 4.40. The zero-order valence-electron chi connectivity index (χ0n) is 19.1. The molecule has 0 aliphatic heterocycles. The van der Waals surface area contributed by atoms with Crippen molar-refractivity contribution < 1.29 is 29.3 Å². The molecule has 4 aromatic rings. The number of halogens is 1. The van der Waals surface area contributed by atoms with Gasteiger partial charge in [-0.2, -0.15) is 0 Å². The second-order valence-electron chi connectivity index (χ2n) is 9.02. The minimum Gasteiger partial charge on any atom is -0.485 e. The zero-order valence-corrected chi connectivity index (χ0v) is 19.9. The van der Waals surface area contributed by atoms with E-state index in [2.05, 4.69) is 0 Å². The zero-order chi connectivity index (χ0) is 25.6. The van der Waals surface area contributed by atoms with Crippen molar-refractivity contribution in [3.63, 3.8) is 0 Å². The van der Waals surface area contributed by atoms with E-state index in [-0.39, 0.29) is 30.2 Å². The molecule has 1 aliphatic carbocycles. The van der Waals surface area contributed by atoms with Gasteiger partial charge in [0.15, 0.2) is 12.7 Å². The maximum atomic E-state index is 13.2. The molecule has 5 rings (SSSR count). The molecule has 0 saturated heterocycles. The number of ether oxygens (including phenoxy) is 1. The Morgan fingerprint density at radius 1 is 1.06 bits per heavy atom. The van der Waals surface area contributed by atoms with E-state index in [0.717, 1.165) is 23.8 Å². The molecule has 1 amide bonds. The standard InChI is InChI=1S/C27H23ClN2O6/c28-18-5-3-16-10-25(20(26(29)33)8-17(16)7-18)36-13-24(32)21-11-30(12-23(31)27(34)35)22-9-15(14-1-2-14)4-6-19(21)22/h3-11,14,23,31H,1-2,12-13H2,(H2,29,33)(H,34,35). The largest absolute Gasteiger partial charge is 0.485 e. The number of hydrogen-bond acceptors (Lipinski definition) is 5.